The summed E-state index contributed by atoms with van der Waals surface area (Å²) in [4.78, 5) is 28.4. The third kappa shape index (κ3) is 3.56. The van der Waals surface area contributed by atoms with Crippen LogP contribution in [0.25, 0.3) is 16.5 Å². The SMILES string of the molecule is CC(C)(C)OC(=O)N1CC=C(c2cc3c(Br)ccc(C(=O)O)c3[nH]2)C1. The second-order valence-electron chi connectivity index (χ2n) is 6.96. The zero-order valence-corrected chi connectivity index (χ0v) is 15.8. The van der Waals surface area contributed by atoms with Gasteiger partial charge in [0, 0.05) is 22.1 Å². The number of carboxylic acids is 1. The summed E-state index contributed by atoms with van der Waals surface area (Å²) in [5, 5.41) is 10.1. The van der Waals surface area contributed by atoms with E-state index in [9.17, 15) is 14.7 Å². The number of carboxylic acid groups (broad SMARTS) is 1. The molecule has 1 aliphatic heterocycles. The van der Waals surface area contributed by atoms with E-state index in [1.54, 1.807) is 17.0 Å². The van der Waals surface area contributed by atoms with Crippen LogP contribution in [0.3, 0.4) is 0 Å². The Balaban J connectivity index is 1.86. The molecule has 2 heterocycles. The number of fused-ring (bicyclic) bond motifs is 1. The number of hydrogen-bond acceptors (Lipinski definition) is 3. The molecule has 1 amide bonds. The third-order valence-electron chi connectivity index (χ3n) is 3.89. The molecule has 1 aromatic heterocycles. The van der Waals surface area contributed by atoms with Gasteiger partial charge in [0.1, 0.15) is 5.60 Å². The quantitative estimate of drug-likeness (QED) is 0.779. The van der Waals surface area contributed by atoms with Crippen LogP contribution in [-0.2, 0) is 4.74 Å². The number of aromatic nitrogens is 1. The monoisotopic (exact) mass is 406 g/mol. The number of aromatic carboxylic acids is 1. The highest BCUT2D eigenvalue weighted by atomic mass is 79.9. The molecule has 0 saturated carbocycles. The fourth-order valence-electron chi connectivity index (χ4n) is 2.75. The summed E-state index contributed by atoms with van der Waals surface area (Å²) in [5.74, 6) is -0.985. The smallest absolute Gasteiger partial charge is 0.410 e. The number of hydrogen-bond donors (Lipinski definition) is 2. The van der Waals surface area contributed by atoms with Crippen molar-refractivity contribution in [2.24, 2.45) is 0 Å². The number of carbonyl (C=O) groups excluding carboxylic acids is 1. The van der Waals surface area contributed by atoms with E-state index in [1.807, 2.05) is 32.9 Å². The summed E-state index contributed by atoms with van der Waals surface area (Å²) in [6, 6.07) is 5.18. The third-order valence-corrected chi connectivity index (χ3v) is 4.58. The van der Waals surface area contributed by atoms with Crippen molar-refractivity contribution in [2.75, 3.05) is 13.1 Å². The molecule has 25 heavy (non-hydrogen) atoms. The zero-order valence-electron chi connectivity index (χ0n) is 14.2. The molecular weight excluding hydrogens is 388 g/mol. The van der Waals surface area contributed by atoms with Crippen molar-refractivity contribution in [1.29, 1.82) is 0 Å². The molecule has 132 valence electrons. The Hall–Kier alpha value is -2.28. The van der Waals surface area contributed by atoms with Gasteiger partial charge in [0.2, 0.25) is 0 Å². The molecule has 7 heteroatoms. The van der Waals surface area contributed by atoms with Gasteiger partial charge >= 0.3 is 12.1 Å². The van der Waals surface area contributed by atoms with Gasteiger partial charge in [-0.15, -0.1) is 0 Å². The lowest BCUT2D eigenvalue weighted by Gasteiger charge is -2.24. The van der Waals surface area contributed by atoms with Crippen LogP contribution in [0.2, 0.25) is 0 Å². The number of aromatic amines is 1. The Labute approximate surface area is 153 Å². The van der Waals surface area contributed by atoms with E-state index >= 15 is 0 Å². The normalized spacial score (nSPS) is 14.7. The summed E-state index contributed by atoms with van der Waals surface area (Å²) in [6.45, 7) is 6.38. The number of amides is 1. The van der Waals surface area contributed by atoms with Gasteiger partial charge < -0.3 is 19.7 Å². The molecule has 0 spiro atoms. The highest BCUT2D eigenvalue weighted by Gasteiger charge is 2.26. The number of rotatable bonds is 2. The average Bonchev–Trinajstić information content (AvgIpc) is 3.12. The summed E-state index contributed by atoms with van der Waals surface area (Å²) in [6.07, 6.45) is 1.59. The van der Waals surface area contributed by atoms with Gasteiger partial charge in [0.15, 0.2) is 0 Å². The predicted octanol–water partition coefficient (Wildman–Crippen LogP) is 4.26. The van der Waals surface area contributed by atoms with Crippen molar-refractivity contribution in [3.05, 3.63) is 40.0 Å². The number of nitrogens with one attached hydrogen (secondary N) is 1. The van der Waals surface area contributed by atoms with E-state index < -0.39 is 11.6 Å². The Morgan fingerprint density at radius 3 is 2.68 bits per heavy atom. The lowest BCUT2D eigenvalue weighted by molar-refractivity contribution is 0.0306. The molecule has 0 bridgehead atoms. The molecule has 1 aliphatic rings. The topological polar surface area (TPSA) is 82.6 Å². The van der Waals surface area contributed by atoms with Gasteiger partial charge in [-0.25, -0.2) is 9.59 Å². The molecule has 6 nitrogen and oxygen atoms in total. The van der Waals surface area contributed by atoms with E-state index in [1.165, 1.54) is 0 Å². The minimum absolute atomic E-state index is 0.215. The van der Waals surface area contributed by atoms with Gasteiger partial charge in [-0.2, -0.15) is 0 Å². The van der Waals surface area contributed by atoms with Gasteiger partial charge in [-0.05, 0) is 44.5 Å². The number of H-pyrrole nitrogens is 1. The molecule has 0 atom stereocenters. The molecular formula is C18H19BrN2O4. The first-order valence-corrected chi connectivity index (χ1v) is 8.67. The zero-order chi connectivity index (χ0) is 18.4. The molecule has 2 N–H and O–H groups in total. The first kappa shape index (κ1) is 17.5. The molecule has 2 aromatic rings. The highest BCUT2D eigenvalue weighted by molar-refractivity contribution is 9.10. The van der Waals surface area contributed by atoms with Crippen molar-refractivity contribution in [3.8, 4) is 0 Å². The molecule has 0 saturated heterocycles. The van der Waals surface area contributed by atoms with Crippen molar-refractivity contribution in [2.45, 2.75) is 26.4 Å². The van der Waals surface area contributed by atoms with Gasteiger partial charge in [0.05, 0.1) is 17.6 Å². The van der Waals surface area contributed by atoms with Gasteiger partial charge in [-0.1, -0.05) is 22.0 Å². The van der Waals surface area contributed by atoms with Crippen molar-refractivity contribution in [1.82, 2.24) is 9.88 Å². The standard InChI is InChI=1S/C18H19BrN2O4/c1-18(2,3)25-17(24)21-7-6-10(9-21)14-8-12-13(19)5-4-11(16(22)23)15(12)20-14/h4-6,8,20H,7,9H2,1-3H3,(H,22,23). The van der Waals surface area contributed by atoms with E-state index in [4.69, 9.17) is 4.74 Å². The summed E-state index contributed by atoms with van der Waals surface area (Å²) >= 11 is 3.45. The summed E-state index contributed by atoms with van der Waals surface area (Å²) in [7, 11) is 0. The van der Waals surface area contributed by atoms with Crippen LogP contribution >= 0.6 is 15.9 Å². The fourth-order valence-corrected chi connectivity index (χ4v) is 3.20. The Kier molecular flexibility index (Phi) is 4.36. The van der Waals surface area contributed by atoms with Crippen LogP contribution < -0.4 is 0 Å². The van der Waals surface area contributed by atoms with Crippen molar-refractivity contribution < 1.29 is 19.4 Å². The molecule has 0 unspecified atom stereocenters. The Bertz CT molecular complexity index is 892. The predicted molar refractivity (Wildman–Crippen MR) is 98.7 cm³/mol. The lowest BCUT2D eigenvalue weighted by atomic mass is 10.1. The number of halogens is 1. The number of carbonyl (C=O) groups is 2. The number of nitrogens with zero attached hydrogens (tertiary/aromatic N) is 1. The van der Waals surface area contributed by atoms with E-state index in [0.717, 1.165) is 21.1 Å². The fraction of sp³-hybridized carbons (Fsp3) is 0.333. The number of ether oxygens (including phenoxy) is 1. The maximum Gasteiger partial charge on any atom is 0.410 e. The molecule has 0 aliphatic carbocycles. The van der Waals surface area contributed by atoms with Crippen LogP contribution in [0.5, 0.6) is 0 Å². The van der Waals surface area contributed by atoms with Crippen LogP contribution in [0.1, 0.15) is 36.8 Å². The minimum atomic E-state index is -0.985. The van der Waals surface area contributed by atoms with Gasteiger partial charge in [0.25, 0.3) is 0 Å². The maximum atomic E-state index is 12.2. The second kappa shape index (κ2) is 6.22. The van der Waals surface area contributed by atoms with Crippen LogP contribution in [0, 0.1) is 0 Å². The largest absolute Gasteiger partial charge is 0.478 e. The first-order valence-electron chi connectivity index (χ1n) is 7.87. The molecule has 1 aromatic carbocycles. The Morgan fingerprint density at radius 2 is 2.04 bits per heavy atom. The first-order chi connectivity index (χ1) is 11.7. The average molecular weight is 407 g/mol. The molecule has 0 radical (unpaired) electrons. The van der Waals surface area contributed by atoms with E-state index in [-0.39, 0.29) is 11.7 Å². The number of benzene rings is 1. The van der Waals surface area contributed by atoms with Gasteiger partial charge in [-0.3, -0.25) is 0 Å². The summed E-state index contributed by atoms with van der Waals surface area (Å²) in [5.41, 5.74) is 1.98. The van der Waals surface area contributed by atoms with Crippen LogP contribution in [-0.4, -0.2) is 45.7 Å². The summed E-state index contributed by atoms with van der Waals surface area (Å²) < 4.78 is 6.21. The van der Waals surface area contributed by atoms with Crippen LogP contribution in [0.15, 0.2) is 28.7 Å². The van der Waals surface area contributed by atoms with Crippen LogP contribution in [0.4, 0.5) is 4.79 Å². The Morgan fingerprint density at radius 1 is 1.32 bits per heavy atom. The minimum Gasteiger partial charge on any atom is -0.478 e. The van der Waals surface area contributed by atoms with Crippen molar-refractivity contribution in [3.63, 3.8) is 0 Å². The van der Waals surface area contributed by atoms with E-state index in [0.29, 0.717) is 18.6 Å². The molecule has 0 fully saturated rings. The second-order valence-corrected chi connectivity index (χ2v) is 7.82. The van der Waals surface area contributed by atoms with E-state index in [2.05, 4.69) is 20.9 Å². The maximum absolute atomic E-state index is 12.2. The highest BCUT2D eigenvalue weighted by Crippen LogP contribution is 2.31. The van der Waals surface area contributed by atoms with Crippen molar-refractivity contribution >= 4 is 44.5 Å². The lowest BCUT2D eigenvalue weighted by Crippen LogP contribution is -2.35. The molecule has 3 rings (SSSR count).